The monoisotopic (exact) mass is 293 g/mol. The van der Waals surface area contributed by atoms with Crippen LogP contribution in [0.15, 0.2) is 34.9 Å². The normalized spacial score (nSPS) is 10.9. The topological polar surface area (TPSA) is 72.6 Å². The number of aryl methyl sites for hydroxylation is 1. The maximum absolute atomic E-state index is 10.6. The van der Waals surface area contributed by atoms with Crippen LogP contribution in [0.25, 0.3) is 6.08 Å². The van der Waals surface area contributed by atoms with Gasteiger partial charge in [-0.3, -0.25) is 0 Å². The fourth-order valence-corrected chi connectivity index (χ4v) is 1.76. The van der Waals surface area contributed by atoms with Gasteiger partial charge < -0.3 is 14.4 Å². The summed E-state index contributed by atoms with van der Waals surface area (Å²) in [6.07, 6.45) is 2.45. The van der Waals surface area contributed by atoms with Gasteiger partial charge in [-0.2, -0.15) is 0 Å². The first-order valence-corrected chi connectivity index (χ1v) is 6.18. The minimum atomic E-state index is -1.04. The van der Waals surface area contributed by atoms with E-state index in [1.807, 2.05) is 6.92 Å². The van der Waals surface area contributed by atoms with E-state index in [4.69, 9.17) is 26.0 Å². The predicted molar refractivity (Wildman–Crippen MR) is 73.7 cm³/mol. The van der Waals surface area contributed by atoms with E-state index < -0.39 is 5.97 Å². The maximum Gasteiger partial charge on any atom is 0.328 e. The molecule has 1 aromatic heterocycles. The number of hydrogen-bond acceptors (Lipinski definition) is 4. The first-order valence-electron chi connectivity index (χ1n) is 5.80. The summed E-state index contributed by atoms with van der Waals surface area (Å²) in [7, 11) is 0. The Balaban J connectivity index is 2.15. The molecule has 0 unspecified atom stereocenters. The van der Waals surface area contributed by atoms with Crippen molar-refractivity contribution in [1.82, 2.24) is 5.16 Å². The summed E-state index contributed by atoms with van der Waals surface area (Å²) in [6.45, 7) is 2.02. The summed E-state index contributed by atoms with van der Waals surface area (Å²) >= 11 is 5.89. The molecule has 0 aliphatic rings. The molecule has 1 heterocycles. The van der Waals surface area contributed by atoms with Crippen LogP contribution < -0.4 is 4.74 Å². The Bertz CT molecular complexity index is 648. The molecule has 1 N–H and O–H groups in total. The van der Waals surface area contributed by atoms with Crippen molar-refractivity contribution in [3.8, 4) is 5.75 Å². The lowest BCUT2D eigenvalue weighted by Gasteiger charge is -2.07. The number of aromatic nitrogens is 1. The Morgan fingerprint density at radius 1 is 1.50 bits per heavy atom. The Hall–Kier alpha value is -2.27. The second-order valence-corrected chi connectivity index (χ2v) is 4.51. The Kier molecular flexibility index (Phi) is 4.42. The highest BCUT2D eigenvalue weighted by Crippen LogP contribution is 2.25. The van der Waals surface area contributed by atoms with E-state index in [2.05, 4.69) is 5.16 Å². The van der Waals surface area contributed by atoms with Gasteiger partial charge in [-0.05, 0) is 31.2 Å². The number of ether oxygens (including phenoxy) is 1. The highest BCUT2D eigenvalue weighted by molar-refractivity contribution is 6.30. The molecule has 0 bridgehead atoms. The van der Waals surface area contributed by atoms with Crippen molar-refractivity contribution in [2.24, 2.45) is 0 Å². The summed E-state index contributed by atoms with van der Waals surface area (Å²) < 4.78 is 10.6. The van der Waals surface area contributed by atoms with Gasteiger partial charge in [0.2, 0.25) is 0 Å². The standard InChI is InChI=1S/C14H12ClNO4/c1-9-6-12(20-16-9)8-19-13-4-3-11(15)7-10(13)2-5-14(17)18/h2-7H,8H2,1H3,(H,17,18)/b5-2+. The highest BCUT2D eigenvalue weighted by atomic mass is 35.5. The number of halogens is 1. The third-order valence-electron chi connectivity index (χ3n) is 2.42. The van der Waals surface area contributed by atoms with Crippen LogP contribution in [0.2, 0.25) is 5.02 Å². The SMILES string of the molecule is Cc1cc(COc2ccc(Cl)cc2/C=C/C(=O)O)on1. The third-order valence-corrected chi connectivity index (χ3v) is 2.66. The molecule has 2 rings (SSSR count). The summed E-state index contributed by atoms with van der Waals surface area (Å²) in [5.74, 6) is 0.0633. The van der Waals surface area contributed by atoms with Crippen LogP contribution in [-0.2, 0) is 11.4 Å². The smallest absolute Gasteiger partial charge is 0.328 e. The number of carboxylic acids is 1. The molecule has 104 valence electrons. The van der Waals surface area contributed by atoms with Crippen LogP contribution in [0, 0.1) is 6.92 Å². The number of hydrogen-bond donors (Lipinski definition) is 1. The van der Waals surface area contributed by atoms with Gasteiger partial charge in [0.05, 0.1) is 5.69 Å². The Labute approximate surface area is 120 Å². The van der Waals surface area contributed by atoms with Gasteiger partial charge in [-0.25, -0.2) is 4.79 Å². The van der Waals surface area contributed by atoms with Crippen LogP contribution in [-0.4, -0.2) is 16.2 Å². The maximum atomic E-state index is 10.6. The van der Waals surface area contributed by atoms with E-state index in [-0.39, 0.29) is 6.61 Å². The molecule has 0 saturated carbocycles. The lowest BCUT2D eigenvalue weighted by Crippen LogP contribution is -1.96. The average molecular weight is 294 g/mol. The van der Waals surface area contributed by atoms with Crippen LogP contribution in [0.1, 0.15) is 17.0 Å². The zero-order valence-corrected chi connectivity index (χ0v) is 11.4. The second-order valence-electron chi connectivity index (χ2n) is 4.08. The van der Waals surface area contributed by atoms with Crippen molar-refractivity contribution in [2.75, 3.05) is 0 Å². The van der Waals surface area contributed by atoms with E-state index in [1.165, 1.54) is 6.08 Å². The van der Waals surface area contributed by atoms with Gasteiger partial charge >= 0.3 is 5.97 Å². The van der Waals surface area contributed by atoms with Crippen LogP contribution in [0.5, 0.6) is 5.75 Å². The lowest BCUT2D eigenvalue weighted by atomic mass is 10.2. The molecule has 0 atom stereocenters. The summed E-state index contributed by atoms with van der Waals surface area (Å²) in [5, 5.41) is 12.9. The average Bonchev–Trinajstić information content (AvgIpc) is 2.81. The molecule has 2 aromatic rings. The molecule has 5 nitrogen and oxygen atoms in total. The first kappa shape index (κ1) is 14.1. The minimum Gasteiger partial charge on any atom is -0.485 e. The van der Waals surface area contributed by atoms with Gasteiger partial charge in [0.25, 0.3) is 0 Å². The van der Waals surface area contributed by atoms with Crippen molar-refractivity contribution in [3.05, 3.63) is 52.4 Å². The molecule has 0 amide bonds. The van der Waals surface area contributed by atoms with Crippen molar-refractivity contribution in [3.63, 3.8) is 0 Å². The van der Waals surface area contributed by atoms with E-state index in [1.54, 1.807) is 24.3 Å². The number of nitrogens with zero attached hydrogens (tertiary/aromatic N) is 1. The number of rotatable bonds is 5. The van der Waals surface area contributed by atoms with Gasteiger partial charge in [0.1, 0.15) is 12.4 Å². The fourth-order valence-electron chi connectivity index (χ4n) is 1.58. The molecule has 0 radical (unpaired) electrons. The molecular formula is C14H12ClNO4. The highest BCUT2D eigenvalue weighted by Gasteiger charge is 2.06. The van der Waals surface area contributed by atoms with Crippen LogP contribution in [0.3, 0.4) is 0 Å². The molecule has 0 aliphatic heterocycles. The summed E-state index contributed by atoms with van der Waals surface area (Å²) in [6, 6.07) is 6.73. The van der Waals surface area contributed by atoms with Crippen molar-refractivity contribution < 1.29 is 19.2 Å². The zero-order valence-electron chi connectivity index (χ0n) is 10.7. The number of aliphatic carboxylic acids is 1. The van der Waals surface area contributed by atoms with E-state index in [0.717, 1.165) is 11.8 Å². The van der Waals surface area contributed by atoms with E-state index in [9.17, 15) is 4.79 Å². The summed E-state index contributed by atoms with van der Waals surface area (Å²) in [4.78, 5) is 10.6. The second kappa shape index (κ2) is 6.25. The van der Waals surface area contributed by atoms with Crippen LogP contribution >= 0.6 is 11.6 Å². The number of carboxylic acid groups (broad SMARTS) is 1. The van der Waals surface area contributed by atoms with Gasteiger partial charge in [0.15, 0.2) is 5.76 Å². The fraction of sp³-hybridized carbons (Fsp3) is 0.143. The van der Waals surface area contributed by atoms with Crippen molar-refractivity contribution >= 4 is 23.6 Å². The molecule has 0 fully saturated rings. The van der Waals surface area contributed by atoms with Crippen molar-refractivity contribution in [2.45, 2.75) is 13.5 Å². The largest absolute Gasteiger partial charge is 0.485 e. The Morgan fingerprint density at radius 2 is 2.30 bits per heavy atom. The molecule has 6 heteroatoms. The van der Waals surface area contributed by atoms with Gasteiger partial charge in [-0.1, -0.05) is 16.8 Å². The quantitative estimate of drug-likeness (QED) is 0.856. The molecule has 20 heavy (non-hydrogen) atoms. The van der Waals surface area contributed by atoms with Gasteiger partial charge in [0, 0.05) is 22.7 Å². The molecule has 0 spiro atoms. The first-order chi connectivity index (χ1) is 9.54. The van der Waals surface area contributed by atoms with Crippen LogP contribution in [0.4, 0.5) is 0 Å². The summed E-state index contributed by atoms with van der Waals surface area (Å²) in [5.41, 5.74) is 1.35. The molecule has 1 aromatic carbocycles. The molecule has 0 saturated heterocycles. The zero-order chi connectivity index (χ0) is 14.5. The Morgan fingerprint density at radius 3 is 2.95 bits per heavy atom. The van der Waals surface area contributed by atoms with Gasteiger partial charge in [-0.15, -0.1) is 0 Å². The lowest BCUT2D eigenvalue weighted by molar-refractivity contribution is -0.131. The third kappa shape index (κ3) is 3.86. The predicted octanol–water partition coefficient (Wildman–Crippen LogP) is 3.31. The van der Waals surface area contributed by atoms with Crippen molar-refractivity contribution in [1.29, 1.82) is 0 Å². The molecule has 0 aliphatic carbocycles. The minimum absolute atomic E-state index is 0.205. The van der Waals surface area contributed by atoms with E-state index in [0.29, 0.717) is 22.1 Å². The number of carbonyl (C=O) groups is 1. The van der Waals surface area contributed by atoms with E-state index >= 15 is 0 Å². The molecular weight excluding hydrogens is 282 g/mol. The number of benzene rings is 1.